The van der Waals surface area contributed by atoms with Crippen LogP contribution in [0.25, 0.3) is 11.3 Å². The highest BCUT2D eigenvalue weighted by atomic mass is 16.5. The Labute approximate surface area is 136 Å². The molecule has 1 fully saturated rings. The molecule has 0 radical (unpaired) electrons. The molecular formula is C18H22N2O3. The Bertz CT molecular complexity index is 633. The van der Waals surface area contributed by atoms with Crippen molar-refractivity contribution in [2.24, 2.45) is 0 Å². The van der Waals surface area contributed by atoms with E-state index in [1.54, 1.807) is 18.2 Å². The summed E-state index contributed by atoms with van der Waals surface area (Å²) < 4.78 is 11.1. The largest absolute Gasteiger partial charge is 0.464 e. The van der Waals surface area contributed by atoms with E-state index < -0.39 is 0 Å². The van der Waals surface area contributed by atoms with E-state index in [0.717, 1.165) is 36.5 Å². The average molecular weight is 314 g/mol. The summed E-state index contributed by atoms with van der Waals surface area (Å²) in [6, 6.07) is 11.2. The molecule has 23 heavy (non-hydrogen) atoms. The zero-order valence-electron chi connectivity index (χ0n) is 13.3. The Hall–Kier alpha value is -2.27. The summed E-state index contributed by atoms with van der Waals surface area (Å²) in [5.74, 6) is 0.782. The van der Waals surface area contributed by atoms with Gasteiger partial charge in [-0.1, -0.05) is 12.1 Å². The van der Waals surface area contributed by atoms with E-state index in [9.17, 15) is 4.79 Å². The van der Waals surface area contributed by atoms with Crippen molar-refractivity contribution in [1.29, 1.82) is 0 Å². The number of nitrogens with zero attached hydrogens (tertiary/aromatic N) is 1. The van der Waals surface area contributed by atoms with Gasteiger partial charge in [0.25, 0.3) is 0 Å². The summed E-state index contributed by atoms with van der Waals surface area (Å²) in [5, 5.41) is 2.92. The van der Waals surface area contributed by atoms with Crippen molar-refractivity contribution in [2.75, 3.05) is 25.5 Å². The van der Waals surface area contributed by atoms with E-state index in [1.807, 2.05) is 36.4 Å². The molecule has 2 aromatic rings. The van der Waals surface area contributed by atoms with Gasteiger partial charge in [-0.05, 0) is 43.5 Å². The van der Waals surface area contributed by atoms with Crippen molar-refractivity contribution in [3.8, 4) is 11.3 Å². The monoisotopic (exact) mass is 314 g/mol. The molecule has 0 spiro atoms. The van der Waals surface area contributed by atoms with Crippen LogP contribution in [-0.4, -0.2) is 37.2 Å². The van der Waals surface area contributed by atoms with Crippen molar-refractivity contribution in [3.05, 3.63) is 42.7 Å². The van der Waals surface area contributed by atoms with Crippen LogP contribution in [0.5, 0.6) is 0 Å². The highest BCUT2D eigenvalue weighted by Crippen LogP contribution is 2.23. The zero-order valence-corrected chi connectivity index (χ0v) is 13.3. The van der Waals surface area contributed by atoms with E-state index in [-0.39, 0.29) is 12.1 Å². The van der Waals surface area contributed by atoms with E-state index in [4.69, 9.17) is 9.15 Å². The number of likely N-dealkylation sites (N-methyl/N-ethyl adjacent to an activating group) is 1. The summed E-state index contributed by atoms with van der Waals surface area (Å²) in [6.45, 7) is 1.41. The van der Waals surface area contributed by atoms with Gasteiger partial charge in [0.15, 0.2) is 0 Å². The maximum atomic E-state index is 12.3. The molecule has 1 aliphatic rings. The maximum absolute atomic E-state index is 12.3. The van der Waals surface area contributed by atoms with Crippen molar-refractivity contribution in [3.63, 3.8) is 0 Å². The molecule has 1 unspecified atom stereocenters. The molecule has 1 aliphatic heterocycles. The van der Waals surface area contributed by atoms with E-state index in [2.05, 4.69) is 5.32 Å². The van der Waals surface area contributed by atoms with Crippen LogP contribution in [-0.2, 0) is 4.74 Å². The Morgan fingerprint density at radius 1 is 1.30 bits per heavy atom. The number of nitrogens with one attached hydrogen (secondary N) is 1. The summed E-state index contributed by atoms with van der Waals surface area (Å²) in [7, 11) is 1.80. The fourth-order valence-corrected chi connectivity index (χ4v) is 2.75. The number of urea groups is 1. The van der Waals surface area contributed by atoms with Crippen LogP contribution >= 0.6 is 0 Å². The Kier molecular flexibility index (Phi) is 4.98. The van der Waals surface area contributed by atoms with Gasteiger partial charge in [-0.25, -0.2) is 4.79 Å². The second-order valence-electron chi connectivity index (χ2n) is 5.86. The van der Waals surface area contributed by atoms with Crippen molar-refractivity contribution < 1.29 is 13.9 Å². The minimum absolute atomic E-state index is 0.129. The van der Waals surface area contributed by atoms with Crippen LogP contribution in [0.4, 0.5) is 10.5 Å². The van der Waals surface area contributed by atoms with Gasteiger partial charge in [-0.15, -0.1) is 0 Å². The van der Waals surface area contributed by atoms with E-state index in [0.29, 0.717) is 6.54 Å². The van der Waals surface area contributed by atoms with E-state index in [1.165, 1.54) is 6.42 Å². The molecule has 122 valence electrons. The second-order valence-corrected chi connectivity index (χ2v) is 5.86. The van der Waals surface area contributed by atoms with Crippen molar-refractivity contribution >= 4 is 11.7 Å². The number of amides is 2. The summed E-state index contributed by atoms with van der Waals surface area (Å²) >= 11 is 0. The van der Waals surface area contributed by atoms with Gasteiger partial charge in [-0.3, -0.25) is 0 Å². The molecule has 1 aromatic carbocycles. The van der Waals surface area contributed by atoms with Crippen LogP contribution in [0, 0.1) is 0 Å². The van der Waals surface area contributed by atoms with Crippen LogP contribution in [0.15, 0.2) is 47.1 Å². The number of hydrogen-bond acceptors (Lipinski definition) is 3. The van der Waals surface area contributed by atoms with Gasteiger partial charge in [-0.2, -0.15) is 0 Å². The third-order valence-corrected chi connectivity index (χ3v) is 4.02. The highest BCUT2D eigenvalue weighted by Gasteiger charge is 2.18. The quantitative estimate of drug-likeness (QED) is 0.928. The zero-order chi connectivity index (χ0) is 16.1. The first-order valence-electron chi connectivity index (χ1n) is 8.00. The van der Waals surface area contributed by atoms with Gasteiger partial charge in [0.1, 0.15) is 5.76 Å². The number of benzene rings is 1. The SMILES string of the molecule is CN(CC1CCCCO1)C(=O)Nc1cccc(-c2ccco2)c1. The van der Waals surface area contributed by atoms with Crippen molar-refractivity contribution in [2.45, 2.75) is 25.4 Å². The van der Waals surface area contributed by atoms with Gasteiger partial charge in [0.05, 0.1) is 12.4 Å². The van der Waals surface area contributed by atoms with Crippen LogP contribution < -0.4 is 5.32 Å². The first-order chi connectivity index (χ1) is 11.2. The summed E-state index contributed by atoms with van der Waals surface area (Å²) in [4.78, 5) is 14.0. The molecule has 0 aliphatic carbocycles. The fraction of sp³-hybridized carbons (Fsp3) is 0.389. The first kappa shape index (κ1) is 15.6. The van der Waals surface area contributed by atoms with E-state index >= 15 is 0 Å². The number of carbonyl (C=O) groups is 1. The minimum Gasteiger partial charge on any atom is -0.464 e. The van der Waals surface area contributed by atoms with Gasteiger partial charge < -0.3 is 19.4 Å². The topological polar surface area (TPSA) is 54.7 Å². The molecule has 0 saturated carbocycles. The van der Waals surface area contributed by atoms with Gasteiger partial charge >= 0.3 is 6.03 Å². The maximum Gasteiger partial charge on any atom is 0.321 e. The molecule has 5 heteroatoms. The average Bonchev–Trinajstić information content (AvgIpc) is 3.10. The molecule has 2 amide bonds. The molecular weight excluding hydrogens is 292 g/mol. The number of carbonyl (C=O) groups excluding carboxylic acids is 1. The molecule has 2 heterocycles. The number of ether oxygens (including phenoxy) is 1. The molecule has 1 N–H and O–H groups in total. The molecule has 0 bridgehead atoms. The van der Waals surface area contributed by atoms with Gasteiger partial charge in [0, 0.05) is 31.5 Å². The number of hydrogen-bond donors (Lipinski definition) is 1. The van der Waals surface area contributed by atoms with Crippen LogP contribution in [0.1, 0.15) is 19.3 Å². The highest BCUT2D eigenvalue weighted by molar-refractivity contribution is 5.89. The normalized spacial score (nSPS) is 17.7. The smallest absolute Gasteiger partial charge is 0.321 e. The Morgan fingerprint density at radius 3 is 2.96 bits per heavy atom. The predicted octanol–water partition coefficient (Wildman–Crippen LogP) is 3.98. The fourth-order valence-electron chi connectivity index (χ4n) is 2.75. The lowest BCUT2D eigenvalue weighted by molar-refractivity contribution is 0.00463. The Morgan fingerprint density at radius 2 is 2.22 bits per heavy atom. The third kappa shape index (κ3) is 4.13. The van der Waals surface area contributed by atoms with Crippen LogP contribution in [0.2, 0.25) is 0 Å². The lowest BCUT2D eigenvalue weighted by atomic mass is 10.1. The molecule has 3 rings (SSSR count). The third-order valence-electron chi connectivity index (χ3n) is 4.02. The first-order valence-corrected chi connectivity index (χ1v) is 8.00. The molecule has 1 atom stereocenters. The van der Waals surface area contributed by atoms with Gasteiger partial charge in [0.2, 0.25) is 0 Å². The van der Waals surface area contributed by atoms with Crippen LogP contribution in [0.3, 0.4) is 0 Å². The lowest BCUT2D eigenvalue weighted by Gasteiger charge is -2.27. The molecule has 1 saturated heterocycles. The lowest BCUT2D eigenvalue weighted by Crippen LogP contribution is -2.39. The standard InChI is InChI=1S/C18H22N2O3/c1-20(13-16-8-2-3-10-22-16)18(21)19-15-7-4-6-14(12-15)17-9-5-11-23-17/h4-7,9,11-12,16H,2-3,8,10,13H2,1H3,(H,19,21). The number of furan rings is 1. The minimum atomic E-state index is -0.129. The Balaban J connectivity index is 1.59. The number of rotatable bonds is 4. The second kappa shape index (κ2) is 7.33. The predicted molar refractivity (Wildman–Crippen MR) is 89.4 cm³/mol. The van der Waals surface area contributed by atoms with Crippen molar-refractivity contribution in [1.82, 2.24) is 4.90 Å². The molecule has 1 aromatic heterocycles. The number of anilines is 1. The summed E-state index contributed by atoms with van der Waals surface area (Å²) in [6.07, 6.45) is 5.09. The molecule has 5 nitrogen and oxygen atoms in total. The summed E-state index contributed by atoms with van der Waals surface area (Å²) in [5.41, 5.74) is 1.69.